The van der Waals surface area contributed by atoms with E-state index in [9.17, 15) is 0 Å². The van der Waals surface area contributed by atoms with Gasteiger partial charge in [-0.15, -0.1) is 0 Å². The average molecular weight is 212 g/mol. The highest BCUT2D eigenvalue weighted by atomic mass is 14.2. The van der Waals surface area contributed by atoms with Crippen LogP contribution in [-0.4, -0.2) is 0 Å². The van der Waals surface area contributed by atoms with Gasteiger partial charge in [0.15, 0.2) is 0 Å². The van der Waals surface area contributed by atoms with Crippen molar-refractivity contribution in [1.29, 1.82) is 0 Å². The lowest BCUT2D eigenvalue weighted by molar-refractivity contribution is 0.713. The second-order valence-corrected chi connectivity index (χ2v) is 4.90. The molecular weight excluding hydrogens is 192 g/mol. The summed E-state index contributed by atoms with van der Waals surface area (Å²) >= 11 is 0. The highest BCUT2D eigenvalue weighted by molar-refractivity contribution is 5.71. The molecule has 1 aliphatic carbocycles. The second-order valence-electron chi connectivity index (χ2n) is 4.90. The van der Waals surface area contributed by atoms with Crippen molar-refractivity contribution < 1.29 is 0 Å². The van der Waals surface area contributed by atoms with E-state index in [1.54, 1.807) is 5.57 Å². The van der Waals surface area contributed by atoms with Gasteiger partial charge in [-0.05, 0) is 42.4 Å². The van der Waals surface area contributed by atoms with E-state index in [1.165, 1.54) is 29.5 Å². The minimum atomic E-state index is 0.690. The van der Waals surface area contributed by atoms with Gasteiger partial charge in [-0.25, -0.2) is 0 Å². The van der Waals surface area contributed by atoms with Gasteiger partial charge < -0.3 is 0 Å². The number of allylic oxidation sites excluding steroid dienone is 4. The van der Waals surface area contributed by atoms with Crippen molar-refractivity contribution in [3.8, 4) is 0 Å². The zero-order valence-electron chi connectivity index (χ0n) is 10.5. The first kappa shape index (κ1) is 11.2. The van der Waals surface area contributed by atoms with Crippen LogP contribution >= 0.6 is 0 Å². The van der Waals surface area contributed by atoms with Gasteiger partial charge in [0.25, 0.3) is 0 Å². The Labute approximate surface area is 98.7 Å². The van der Waals surface area contributed by atoms with Crippen LogP contribution in [0.5, 0.6) is 0 Å². The molecule has 0 bridgehead atoms. The lowest BCUT2D eigenvalue weighted by Crippen LogP contribution is -2.00. The van der Waals surface area contributed by atoms with E-state index in [0.717, 1.165) is 0 Å². The standard InChI is InChI=1S/C16H20/c1-12(2)14-8-10-15(11-9-14)16-7-5-4-6-13(16)3/h4-8,10,12H,9,11H2,1-3H3. The Morgan fingerprint density at radius 2 is 1.75 bits per heavy atom. The van der Waals surface area contributed by atoms with Crippen LogP contribution < -0.4 is 0 Å². The predicted octanol–water partition coefficient (Wildman–Crippen LogP) is 4.75. The smallest absolute Gasteiger partial charge is 0.0195 e. The van der Waals surface area contributed by atoms with E-state index < -0.39 is 0 Å². The molecule has 0 heterocycles. The Bertz CT molecular complexity index is 433. The molecule has 1 aliphatic rings. The third-order valence-electron chi connectivity index (χ3n) is 3.41. The monoisotopic (exact) mass is 212 g/mol. The molecule has 0 amide bonds. The molecule has 0 aliphatic heterocycles. The molecule has 0 spiro atoms. The third-order valence-corrected chi connectivity index (χ3v) is 3.41. The van der Waals surface area contributed by atoms with Gasteiger partial charge in [-0.3, -0.25) is 0 Å². The van der Waals surface area contributed by atoms with Gasteiger partial charge in [0.2, 0.25) is 0 Å². The zero-order valence-corrected chi connectivity index (χ0v) is 10.5. The van der Waals surface area contributed by atoms with Gasteiger partial charge in [0.05, 0.1) is 0 Å². The molecular formula is C16H20. The normalized spacial score (nSPS) is 16.0. The van der Waals surface area contributed by atoms with Gasteiger partial charge >= 0.3 is 0 Å². The van der Waals surface area contributed by atoms with Crippen LogP contribution in [0, 0.1) is 12.8 Å². The number of hydrogen-bond acceptors (Lipinski definition) is 0. The molecule has 0 unspecified atom stereocenters. The summed E-state index contributed by atoms with van der Waals surface area (Å²) in [5.74, 6) is 0.690. The molecule has 0 N–H and O–H groups in total. The summed E-state index contributed by atoms with van der Waals surface area (Å²) in [6.45, 7) is 6.74. The van der Waals surface area contributed by atoms with E-state index in [-0.39, 0.29) is 0 Å². The molecule has 0 atom stereocenters. The Morgan fingerprint density at radius 1 is 1.00 bits per heavy atom. The first-order valence-corrected chi connectivity index (χ1v) is 6.14. The van der Waals surface area contributed by atoms with E-state index in [2.05, 4.69) is 57.2 Å². The fraction of sp³-hybridized carbons (Fsp3) is 0.375. The van der Waals surface area contributed by atoms with E-state index in [0.29, 0.717) is 5.92 Å². The molecule has 16 heavy (non-hydrogen) atoms. The lowest BCUT2D eigenvalue weighted by Gasteiger charge is -2.18. The highest BCUT2D eigenvalue weighted by Crippen LogP contribution is 2.30. The summed E-state index contributed by atoms with van der Waals surface area (Å²) < 4.78 is 0. The van der Waals surface area contributed by atoms with Crippen molar-refractivity contribution in [2.75, 3.05) is 0 Å². The van der Waals surface area contributed by atoms with Crippen LogP contribution in [0.1, 0.15) is 37.8 Å². The van der Waals surface area contributed by atoms with Crippen LogP contribution in [0.25, 0.3) is 5.57 Å². The maximum atomic E-state index is 2.32. The van der Waals surface area contributed by atoms with Crippen molar-refractivity contribution in [3.63, 3.8) is 0 Å². The molecule has 0 heteroatoms. The minimum absolute atomic E-state index is 0.690. The molecule has 0 fully saturated rings. The Morgan fingerprint density at radius 3 is 2.31 bits per heavy atom. The van der Waals surface area contributed by atoms with Gasteiger partial charge in [-0.1, -0.05) is 55.8 Å². The number of hydrogen-bond donors (Lipinski definition) is 0. The SMILES string of the molecule is Cc1ccccc1C1=CC=C(C(C)C)CC1. The maximum Gasteiger partial charge on any atom is -0.0195 e. The van der Waals surface area contributed by atoms with Crippen LogP contribution in [-0.2, 0) is 0 Å². The zero-order chi connectivity index (χ0) is 11.5. The Hall–Kier alpha value is -1.30. The van der Waals surface area contributed by atoms with Crippen molar-refractivity contribution in [3.05, 3.63) is 53.1 Å². The van der Waals surface area contributed by atoms with Gasteiger partial charge in [-0.2, -0.15) is 0 Å². The quantitative estimate of drug-likeness (QED) is 0.663. The van der Waals surface area contributed by atoms with Crippen LogP contribution in [0.3, 0.4) is 0 Å². The molecule has 0 aromatic heterocycles. The third kappa shape index (κ3) is 2.27. The van der Waals surface area contributed by atoms with Crippen LogP contribution in [0.4, 0.5) is 0 Å². The summed E-state index contributed by atoms with van der Waals surface area (Å²) in [6.07, 6.45) is 7.03. The van der Waals surface area contributed by atoms with E-state index in [1.807, 2.05) is 0 Å². The number of aryl methyl sites for hydroxylation is 1. The predicted molar refractivity (Wildman–Crippen MR) is 71.3 cm³/mol. The van der Waals surface area contributed by atoms with Crippen LogP contribution in [0.15, 0.2) is 42.0 Å². The summed E-state index contributed by atoms with van der Waals surface area (Å²) in [7, 11) is 0. The molecule has 0 nitrogen and oxygen atoms in total. The summed E-state index contributed by atoms with van der Waals surface area (Å²) in [5.41, 5.74) is 5.87. The highest BCUT2D eigenvalue weighted by Gasteiger charge is 2.11. The molecule has 0 radical (unpaired) electrons. The summed E-state index contributed by atoms with van der Waals surface area (Å²) in [6, 6.07) is 8.66. The first-order valence-electron chi connectivity index (χ1n) is 6.14. The molecule has 84 valence electrons. The maximum absolute atomic E-state index is 2.32. The summed E-state index contributed by atoms with van der Waals surface area (Å²) in [4.78, 5) is 0. The molecule has 1 aromatic carbocycles. The number of benzene rings is 1. The molecule has 0 saturated carbocycles. The number of rotatable bonds is 2. The second kappa shape index (κ2) is 4.69. The minimum Gasteiger partial charge on any atom is -0.0673 e. The summed E-state index contributed by atoms with van der Waals surface area (Å²) in [5, 5.41) is 0. The fourth-order valence-electron chi connectivity index (χ4n) is 2.29. The lowest BCUT2D eigenvalue weighted by atomic mass is 9.87. The Kier molecular flexibility index (Phi) is 3.28. The van der Waals surface area contributed by atoms with Crippen molar-refractivity contribution in [2.24, 2.45) is 5.92 Å². The van der Waals surface area contributed by atoms with Crippen molar-refractivity contribution in [1.82, 2.24) is 0 Å². The van der Waals surface area contributed by atoms with Gasteiger partial charge in [0, 0.05) is 0 Å². The van der Waals surface area contributed by atoms with E-state index in [4.69, 9.17) is 0 Å². The van der Waals surface area contributed by atoms with E-state index >= 15 is 0 Å². The van der Waals surface area contributed by atoms with Crippen molar-refractivity contribution >= 4 is 5.57 Å². The molecule has 0 saturated heterocycles. The molecule has 2 rings (SSSR count). The first-order chi connectivity index (χ1) is 7.68. The Balaban J connectivity index is 2.29. The molecule has 1 aromatic rings. The largest absolute Gasteiger partial charge is 0.0673 e. The average Bonchev–Trinajstić information content (AvgIpc) is 2.30. The van der Waals surface area contributed by atoms with Crippen molar-refractivity contribution in [2.45, 2.75) is 33.6 Å². The van der Waals surface area contributed by atoms with Gasteiger partial charge in [0.1, 0.15) is 0 Å². The fourth-order valence-corrected chi connectivity index (χ4v) is 2.29. The topological polar surface area (TPSA) is 0 Å². The van der Waals surface area contributed by atoms with Crippen LogP contribution in [0.2, 0.25) is 0 Å².